The minimum absolute atomic E-state index is 0.289. The monoisotopic (exact) mass is 193 g/mol. The molecule has 0 bridgehead atoms. The number of hydrogen-bond acceptors (Lipinski definition) is 4. The van der Waals surface area contributed by atoms with E-state index in [9.17, 15) is 4.79 Å². The van der Waals surface area contributed by atoms with Crippen molar-refractivity contribution in [3.05, 3.63) is 30.1 Å². The summed E-state index contributed by atoms with van der Waals surface area (Å²) in [6.07, 6.45) is 4.28. The van der Waals surface area contributed by atoms with Crippen LogP contribution < -0.4 is 5.43 Å². The highest BCUT2D eigenvalue weighted by Crippen LogP contribution is 1.94. The maximum atomic E-state index is 11.3. The quantitative estimate of drug-likeness (QED) is 0.437. The van der Waals surface area contributed by atoms with Gasteiger partial charge in [0, 0.05) is 18.0 Å². The highest BCUT2D eigenvalue weighted by molar-refractivity contribution is 5.93. The molecule has 0 saturated carbocycles. The van der Waals surface area contributed by atoms with Crippen molar-refractivity contribution < 1.29 is 9.53 Å². The molecule has 0 aromatic carbocycles. The van der Waals surface area contributed by atoms with E-state index in [2.05, 4.69) is 15.5 Å². The van der Waals surface area contributed by atoms with Crippen LogP contribution in [0.4, 0.5) is 0 Å². The number of nitrogens with zero attached hydrogens (tertiary/aromatic N) is 2. The molecule has 5 heteroatoms. The van der Waals surface area contributed by atoms with Gasteiger partial charge in [-0.2, -0.15) is 0 Å². The van der Waals surface area contributed by atoms with Crippen molar-refractivity contribution in [1.82, 2.24) is 10.4 Å². The minimum atomic E-state index is -0.289. The number of carbonyl (C=O) groups excluding carboxylic acids is 1. The molecule has 0 unspecified atom stereocenters. The molecular weight excluding hydrogens is 182 g/mol. The van der Waals surface area contributed by atoms with Gasteiger partial charge in [-0.25, -0.2) is 5.43 Å². The summed E-state index contributed by atoms with van der Waals surface area (Å²) < 4.78 is 4.80. The lowest BCUT2D eigenvalue weighted by molar-refractivity contribution is 0.0953. The molecule has 0 radical (unpaired) electrons. The topological polar surface area (TPSA) is 63.6 Å². The van der Waals surface area contributed by atoms with Gasteiger partial charge in [0.15, 0.2) is 6.40 Å². The third kappa shape index (κ3) is 3.22. The van der Waals surface area contributed by atoms with Crippen LogP contribution in [0.1, 0.15) is 17.3 Å². The van der Waals surface area contributed by atoms with E-state index in [1.54, 1.807) is 24.5 Å². The molecule has 0 aliphatic rings. The molecule has 1 amide bonds. The van der Waals surface area contributed by atoms with E-state index >= 15 is 0 Å². The molecule has 1 aromatic rings. The van der Waals surface area contributed by atoms with Crippen LogP contribution in [0.15, 0.2) is 29.6 Å². The second-order valence-corrected chi connectivity index (χ2v) is 2.37. The van der Waals surface area contributed by atoms with Crippen LogP contribution in [-0.4, -0.2) is 23.9 Å². The highest BCUT2D eigenvalue weighted by Gasteiger charge is 2.01. The van der Waals surface area contributed by atoms with E-state index < -0.39 is 0 Å². The van der Waals surface area contributed by atoms with Gasteiger partial charge in [-0.1, -0.05) is 0 Å². The van der Waals surface area contributed by atoms with Crippen LogP contribution >= 0.6 is 0 Å². The first kappa shape index (κ1) is 10.2. The number of carbonyl (C=O) groups is 1. The zero-order chi connectivity index (χ0) is 10.2. The number of nitrogens with one attached hydrogen (secondary N) is 1. The molecule has 0 fully saturated rings. The van der Waals surface area contributed by atoms with Crippen molar-refractivity contribution in [2.75, 3.05) is 6.61 Å². The maximum Gasteiger partial charge on any atom is 0.271 e. The SMILES string of the molecule is CCOC=NNC(=O)c1ccncc1. The zero-order valence-corrected chi connectivity index (χ0v) is 7.80. The van der Waals surface area contributed by atoms with E-state index in [0.717, 1.165) is 0 Å². The molecular formula is C9H11N3O2. The lowest BCUT2D eigenvalue weighted by Crippen LogP contribution is -2.17. The molecule has 74 valence electrons. The largest absolute Gasteiger partial charge is 0.482 e. The van der Waals surface area contributed by atoms with E-state index in [0.29, 0.717) is 12.2 Å². The molecule has 0 saturated heterocycles. The van der Waals surface area contributed by atoms with E-state index in [1.165, 1.54) is 6.40 Å². The summed E-state index contributed by atoms with van der Waals surface area (Å²) in [6.45, 7) is 2.35. The van der Waals surface area contributed by atoms with Gasteiger partial charge in [-0.3, -0.25) is 9.78 Å². The molecule has 0 aliphatic heterocycles. The second kappa shape index (κ2) is 5.69. The van der Waals surface area contributed by atoms with Crippen LogP contribution in [-0.2, 0) is 4.74 Å². The lowest BCUT2D eigenvalue weighted by Gasteiger charge is -1.97. The minimum Gasteiger partial charge on any atom is -0.482 e. The fourth-order valence-electron chi connectivity index (χ4n) is 0.765. The van der Waals surface area contributed by atoms with Gasteiger partial charge in [0.1, 0.15) is 0 Å². The van der Waals surface area contributed by atoms with Crippen LogP contribution in [0.5, 0.6) is 0 Å². The van der Waals surface area contributed by atoms with Crippen LogP contribution in [0.3, 0.4) is 0 Å². The number of hydrazone groups is 1. The third-order valence-electron chi connectivity index (χ3n) is 1.40. The first-order chi connectivity index (χ1) is 6.84. The third-order valence-corrected chi connectivity index (χ3v) is 1.40. The van der Waals surface area contributed by atoms with Gasteiger partial charge in [0.25, 0.3) is 5.91 Å². The standard InChI is InChI=1S/C9H11N3O2/c1-2-14-7-11-12-9(13)8-3-5-10-6-4-8/h3-7H,2H2,1H3,(H,12,13). The van der Waals surface area contributed by atoms with Crippen LogP contribution in [0, 0.1) is 0 Å². The summed E-state index contributed by atoms with van der Waals surface area (Å²) >= 11 is 0. The second-order valence-electron chi connectivity index (χ2n) is 2.37. The highest BCUT2D eigenvalue weighted by atomic mass is 16.5. The Morgan fingerprint density at radius 3 is 3.00 bits per heavy atom. The van der Waals surface area contributed by atoms with Gasteiger partial charge in [-0.15, -0.1) is 5.10 Å². The molecule has 0 spiro atoms. The molecule has 0 aliphatic carbocycles. The average Bonchev–Trinajstić information content (AvgIpc) is 2.25. The fraction of sp³-hybridized carbons (Fsp3) is 0.222. The Morgan fingerprint density at radius 1 is 1.64 bits per heavy atom. The van der Waals surface area contributed by atoms with Crippen molar-refractivity contribution in [3.8, 4) is 0 Å². The molecule has 1 heterocycles. The summed E-state index contributed by atoms with van der Waals surface area (Å²) in [7, 11) is 0. The van der Waals surface area contributed by atoms with E-state index in [-0.39, 0.29) is 5.91 Å². The number of rotatable bonds is 4. The smallest absolute Gasteiger partial charge is 0.271 e. The lowest BCUT2D eigenvalue weighted by atomic mass is 10.3. The van der Waals surface area contributed by atoms with Crippen molar-refractivity contribution in [2.45, 2.75) is 6.92 Å². The Kier molecular flexibility index (Phi) is 4.13. The zero-order valence-electron chi connectivity index (χ0n) is 7.80. The molecule has 14 heavy (non-hydrogen) atoms. The van der Waals surface area contributed by atoms with Gasteiger partial charge in [0.2, 0.25) is 0 Å². The van der Waals surface area contributed by atoms with Crippen molar-refractivity contribution in [2.24, 2.45) is 5.10 Å². The van der Waals surface area contributed by atoms with Crippen LogP contribution in [0.25, 0.3) is 0 Å². The number of ether oxygens (including phenoxy) is 1. The predicted octanol–water partition coefficient (Wildman–Crippen LogP) is 0.791. The average molecular weight is 193 g/mol. The predicted molar refractivity (Wildman–Crippen MR) is 51.8 cm³/mol. The molecule has 0 atom stereocenters. The van der Waals surface area contributed by atoms with Crippen molar-refractivity contribution >= 4 is 12.3 Å². The molecule has 1 aromatic heterocycles. The van der Waals surface area contributed by atoms with Crippen molar-refractivity contribution in [1.29, 1.82) is 0 Å². The van der Waals surface area contributed by atoms with Gasteiger partial charge in [-0.05, 0) is 19.1 Å². The first-order valence-electron chi connectivity index (χ1n) is 4.18. The summed E-state index contributed by atoms with van der Waals surface area (Å²) in [5, 5.41) is 3.57. The Labute approximate surface area is 81.8 Å². The molecule has 1 rings (SSSR count). The maximum absolute atomic E-state index is 11.3. The first-order valence-corrected chi connectivity index (χ1v) is 4.18. The number of aromatic nitrogens is 1. The van der Waals surface area contributed by atoms with E-state index in [4.69, 9.17) is 4.74 Å². The Hall–Kier alpha value is -1.91. The molecule has 1 N–H and O–H groups in total. The summed E-state index contributed by atoms with van der Waals surface area (Å²) in [6, 6.07) is 3.21. The number of pyridine rings is 1. The summed E-state index contributed by atoms with van der Waals surface area (Å²) in [5.74, 6) is -0.289. The normalized spacial score (nSPS) is 10.1. The van der Waals surface area contributed by atoms with Crippen molar-refractivity contribution in [3.63, 3.8) is 0 Å². The number of amides is 1. The van der Waals surface area contributed by atoms with E-state index in [1.807, 2.05) is 6.92 Å². The Balaban J connectivity index is 2.44. The van der Waals surface area contributed by atoms with Crippen LogP contribution in [0.2, 0.25) is 0 Å². The summed E-state index contributed by atoms with van der Waals surface area (Å²) in [5.41, 5.74) is 2.82. The van der Waals surface area contributed by atoms with Gasteiger partial charge < -0.3 is 4.74 Å². The fourth-order valence-corrected chi connectivity index (χ4v) is 0.765. The number of hydrogen-bond donors (Lipinski definition) is 1. The Morgan fingerprint density at radius 2 is 2.36 bits per heavy atom. The summed E-state index contributed by atoms with van der Waals surface area (Å²) in [4.78, 5) is 15.1. The Bertz CT molecular complexity index is 311. The molecule has 5 nitrogen and oxygen atoms in total. The van der Waals surface area contributed by atoms with Gasteiger partial charge >= 0.3 is 0 Å². The van der Waals surface area contributed by atoms with Gasteiger partial charge in [0.05, 0.1) is 6.61 Å².